The van der Waals surface area contributed by atoms with Gasteiger partial charge >= 0.3 is 0 Å². The summed E-state index contributed by atoms with van der Waals surface area (Å²) in [4.78, 5) is 0. The third-order valence-electron chi connectivity index (χ3n) is 2.42. The molecule has 0 heterocycles. The van der Waals surface area contributed by atoms with Crippen molar-refractivity contribution in [1.29, 1.82) is 0 Å². The molecular weight excluding hydrogens is 219 g/mol. The molecule has 0 saturated heterocycles. The summed E-state index contributed by atoms with van der Waals surface area (Å²) in [7, 11) is 0. The van der Waals surface area contributed by atoms with Gasteiger partial charge in [-0.05, 0) is 42.3 Å². The predicted molar refractivity (Wildman–Crippen MR) is 63.6 cm³/mol. The molecule has 0 spiro atoms. The molecule has 0 bridgehead atoms. The van der Waals surface area contributed by atoms with E-state index in [2.05, 4.69) is 0 Å². The van der Waals surface area contributed by atoms with Gasteiger partial charge in [-0.3, -0.25) is 0 Å². The Morgan fingerprint density at radius 2 is 1.82 bits per heavy atom. The first-order valence-electron chi connectivity index (χ1n) is 5.32. The van der Waals surface area contributed by atoms with Crippen molar-refractivity contribution >= 4 is 0 Å². The molecule has 88 valence electrons. The Morgan fingerprint density at radius 1 is 1.12 bits per heavy atom. The van der Waals surface area contributed by atoms with Gasteiger partial charge in [0.15, 0.2) is 11.5 Å². The fraction of sp³-hybridized carbons (Fsp3) is 0.143. The van der Waals surface area contributed by atoms with Crippen LogP contribution in [0.25, 0.3) is 0 Å². The van der Waals surface area contributed by atoms with Crippen molar-refractivity contribution in [3.05, 3.63) is 59.4 Å². The molecule has 0 unspecified atom stereocenters. The fourth-order valence-electron chi connectivity index (χ4n) is 1.49. The molecule has 0 saturated carbocycles. The van der Waals surface area contributed by atoms with Gasteiger partial charge in [-0.1, -0.05) is 18.2 Å². The molecule has 0 fully saturated rings. The van der Waals surface area contributed by atoms with Crippen LogP contribution in [0.1, 0.15) is 11.1 Å². The Labute approximate surface area is 99.3 Å². The van der Waals surface area contributed by atoms with Gasteiger partial charge < -0.3 is 9.84 Å². The van der Waals surface area contributed by atoms with Crippen LogP contribution in [0.2, 0.25) is 0 Å². The maximum Gasteiger partial charge on any atom is 0.161 e. The number of aryl methyl sites for hydroxylation is 1. The highest BCUT2D eigenvalue weighted by Gasteiger charge is 2.02. The Bertz CT molecular complexity index is 506. The van der Waals surface area contributed by atoms with E-state index in [4.69, 9.17) is 4.74 Å². The maximum absolute atomic E-state index is 12.7. The number of ether oxygens (including phenoxy) is 1. The number of halogens is 1. The van der Waals surface area contributed by atoms with E-state index in [0.717, 1.165) is 11.1 Å². The van der Waals surface area contributed by atoms with Crippen molar-refractivity contribution in [2.45, 2.75) is 13.5 Å². The van der Waals surface area contributed by atoms with Crippen LogP contribution >= 0.6 is 0 Å². The van der Waals surface area contributed by atoms with Crippen LogP contribution < -0.4 is 4.74 Å². The summed E-state index contributed by atoms with van der Waals surface area (Å²) in [5, 5.41) is 9.63. The number of hydrogen-bond acceptors (Lipinski definition) is 2. The first-order chi connectivity index (χ1) is 8.15. The molecule has 2 aromatic rings. The summed E-state index contributed by atoms with van der Waals surface area (Å²) in [6.45, 7) is 2.19. The van der Waals surface area contributed by atoms with Gasteiger partial charge in [0.1, 0.15) is 12.4 Å². The molecule has 0 aliphatic heterocycles. The summed E-state index contributed by atoms with van der Waals surface area (Å²) in [6.07, 6.45) is 0. The molecule has 0 aliphatic carbocycles. The number of phenolic OH excluding ortho intramolecular Hbond substituents is 1. The van der Waals surface area contributed by atoms with Crippen molar-refractivity contribution in [1.82, 2.24) is 0 Å². The zero-order valence-electron chi connectivity index (χ0n) is 9.48. The van der Waals surface area contributed by atoms with Gasteiger partial charge in [0, 0.05) is 0 Å². The third kappa shape index (κ3) is 2.97. The van der Waals surface area contributed by atoms with E-state index >= 15 is 0 Å². The third-order valence-corrected chi connectivity index (χ3v) is 2.42. The molecule has 1 N–H and O–H groups in total. The zero-order valence-corrected chi connectivity index (χ0v) is 9.48. The Balaban J connectivity index is 2.04. The number of aromatic hydroxyl groups is 1. The molecule has 17 heavy (non-hydrogen) atoms. The molecule has 0 amide bonds. The molecule has 0 radical (unpaired) electrons. The van der Waals surface area contributed by atoms with Crippen LogP contribution in [0.4, 0.5) is 4.39 Å². The fourth-order valence-corrected chi connectivity index (χ4v) is 1.49. The van der Waals surface area contributed by atoms with Crippen LogP contribution in [0.5, 0.6) is 11.5 Å². The zero-order chi connectivity index (χ0) is 12.3. The van der Waals surface area contributed by atoms with Gasteiger partial charge in [0.25, 0.3) is 0 Å². The first kappa shape index (κ1) is 11.5. The summed E-state index contributed by atoms with van der Waals surface area (Å²) < 4.78 is 18.1. The molecule has 2 rings (SSSR count). The minimum Gasteiger partial charge on any atom is -0.504 e. The lowest BCUT2D eigenvalue weighted by atomic mass is 10.2. The summed E-state index contributed by atoms with van der Waals surface area (Å²) in [5.74, 6) is 0.277. The van der Waals surface area contributed by atoms with E-state index in [9.17, 15) is 9.50 Å². The quantitative estimate of drug-likeness (QED) is 0.878. The smallest absolute Gasteiger partial charge is 0.161 e. The van der Waals surface area contributed by atoms with Gasteiger partial charge in [0.05, 0.1) is 0 Å². The topological polar surface area (TPSA) is 29.5 Å². The van der Waals surface area contributed by atoms with Gasteiger partial charge in [-0.2, -0.15) is 0 Å². The Kier molecular flexibility index (Phi) is 3.28. The molecule has 2 aromatic carbocycles. The highest BCUT2D eigenvalue weighted by molar-refractivity contribution is 5.41. The highest BCUT2D eigenvalue weighted by Crippen LogP contribution is 2.27. The molecular formula is C14H13FO2. The lowest BCUT2D eigenvalue weighted by Gasteiger charge is -2.08. The predicted octanol–water partition coefficient (Wildman–Crippen LogP) is 3.42. The van der Waals surface area contributed by atoms with Crippen LogP contribution in [0, 0.1) is 12.7 Å². The van der Waals surface area contributed by atoms with Crippen LogP contribution in [0.3, 0.4) is 0 Å². The van der Waals surface area contributed by atoms with E-state index in [1.54, 1.807) is 24.3 Å². The van der Waals surface area contributed by atoms with Crippen molar-refractivity contribution < 1.29 is 14.2 Å². The minimum atomic E-state index is -0.271. The van der Waals surface area contributed by atoms with Gasteiger partial charge in [0.2, 0.25) is 0 Å². The lowest BCUT2D eigenvalue weighted by molar-refractivity contribution is 0.289. The Morgan fingerprint density at radius 3 is 2.47 bits per heavy atom. The minimum absolute atomic E-state index is 0.118. The maximum atomic E-state index is 12.7. The second-order valence-electron chi connectivity index (χ2n) is 3.89. The molecule has 0 aliphatic rings. The van der Waals surface area contributed by atoms with Crippen molar-refractivity contribution in [2.75, 3.05) is 0 Å². The highest BCUT2D eigenvalue weighted by atomic mass is 19.1. The van der Waals surface area contributed by atoms with E-state index in [-0.39, 0.29) is 11.6 Å². The SMILES string of the molecule is Cc1ccc(OCc2ccc(F)cc2)c(O)c1. The van der Waals surface area contributed by atoms with Gasteiger partial charge in [-0.15, -0.1) is 0 Å². The van der Waals surface area contributed by atoms with Crippen molar-refractivity contribution in [3.8, 4) is 11.5 Å². The van der Waals surface area contributed by atoms with E-state index in [1.165, 1.54) is 12.1 Å². The van der Waals surface area contributed by atoms with Crippen LogP contribution in [-0.4, -0.2) is 5.11 Å². The normalized spacial score (nSPS) is 10.2. The second-order valence-corrected chi connectivity index (χ2v) is 3.89. The average Bonchev–Trinajstić information content (AvgIpc) is 2.30. The molecule has 0 aromatic heterocycles. The number of benzene rings is 2. The number of hydrogen-bond donors (Lipinski definition) is 1. The summed E-state index contributed by atoms with van der Waals surface area (Å²) >= 11 is 0. The largest absolute Gasteiger partial charge is 0.504 e. The second kappa shape index (κ2) is 4.87. The summed E-state index contributed by atoms with van der Waals surface area (Å²) in [5.41, 5.74) is 1.82. The van der Waals surface area contributed by atoms with E-state index in [0.29, 0.717) is 12.4 Å². The van der Waals surface area contributed by atoms with Crippen molar-refractivity contribution in [2.24, 2.45) is 0 Å². The number of rotatable bonds is 3. The molecule has 0 atom stereocenters. The van der Waals surface area contributed by atoms with Crippen LogP contribution in [0.15, 0.2) is 42.5 Å². The molecule has 3 heteroatoms. The standard InChI is InChI=1S/C14H13FO2/c1-10-2-7-14(13(16)8-10)17-9-11-3-5-12(15)6-4-11/h2-8,16H,9H2,1H3. The average molecular weight is 232 g/mol. The monoisotopic (exact) mass is 232 g/mol. The number of phenols is 1. The van der Waals surface area contributed by atoms with E-state index in [1.807, 2.05) is 13.0 Å². The molecule has 2 nitrogen and oxygen atoms in total. The Hall–Kier alpha value is -2.03. The lowest BCUT2D eigenvalue weighted by Crippen LogP contribution is -1.95. The first-order valence-corrected chi connectivity index (χ1v) is 5.32. The van der Waals surface area contributed by atoms with Crippen LogP contribution in [-0.2, 0) is 6.61 Å². The van der Waals surface area contributed by atoms with Gasteiger partial charge in [-0.25, -0.2) is 4.39 Å². The van der Waals surface area contributed by atoms with Crippen molar-refractivity contribution in [3.63, 3.8) is 0 Å². The summed E-state index contributed by atoms with van der Waals surface area (Å²) in [6, 6.07) is 11.3. The van der Waals surface area contributed by atoms with E-state index < -0.39 is 0 Å².